The molecule has 0 aliphatic rings. The lowest BCUT2D eigenvalue weighted by molar-refractivity contribution is 0.291. The van der Waals surface area contributed by atoms with Crippen LogP contribution < -0.4 is 10.3 Å². The molecule has 0 N–H and O–H groups in total. The molecule has 0 bridgehead atoms. The molecule has 5 rings (SSSR count). The van der Waals surface area contributed by atoms with Crippen molar-refractivity contribution in [1.82, 2.24) is 14.5 Å². The second kappa shape index (κ2) is 10.7. The smallest absolute Gasteiger partial charge is 0.264 e. The minimum atomic E-state index is -0.506. The number of hydrogen-bond donors (Lipinski definition) is 0. The van der Waals surface area contributed by atoms with Gasteiger partial charge in [-0.1, -0.05) is 66.7 Å². The van der Waals surface area contributed by atoms with Crippen molar-refractivity contribution in [3.63, 3.8) is 0 Å². The number of benzene rings is 3. The van der Waals surface area contributed by atoms with Gasteiger partial charge >= 0.3 is 0 Å². The number of hydrogen-bond acceptors (Lipinski definition) is 5. The van der Waals surface area contributed by atoms with E-state index in [1.54, 1.807) is 29.8 Å². The van der Waals surface area contributed by atoms with E-state index in [0.29, 0.717) is 40.6 Å². The van der Waals surface area contributed by atoms with Gasteiger partial charge in [0.05, 0.1) is 16.8 Å². The monoisotopic (exact) mass is 497 g/mol. The SMILES string of the molecule is Cc1nc(-c2cccc(F)c2OCc2ccccc2)n(CCc2ccccc2)c(=O)c1-c1nccs1. The zero-order valence-electron chi connectivity index (χ0n) is 19.7. The molecule has 7 heteroatoms. The van der Waals surface area contributed by atoms with Gasteiger partial charge in [-0.05, 0) is 36.6 Å². The van der Waals surface area contributed by atoms with Gasteiger partial charge in [-0.2, -0.15) is 0 Å². The Labute approximate surface area is 212 Å². The van der Waals surface area contributed by atoms with Crippen LogP contribution in [0.25, 0.3) is 22.0 Å². The van der Waals surface area contributed by atoms with E-state index < -0.39 is 5.82 Å². The molecule has 0 aliphatic carbocycles. The molecule has 0 atom stereocenters. The Morgan fingerprint density at radius 2 is 1.67 bits per heavy atom. The first-order chi connectivity index (χ1) is 17.6. The standard InChI is InChI=1S/C29H24FN3O2S/c1-20-25(28-31-16-18-36-28)29(34)33(17-15-21-9-4-2-5-10-21)27(32-20)23-13-8-14-24(30)26(23)35-19-22-11-6-3-7-12-22/h2-14,16,18H,15,17,19H2,1H3. The van der Waals surface area contributed by atoms with Crippen molar-refractivity contribution in [3.05, 3.63) is 123 Å². The normalized spacial score (nSPS) is 10.9. The Hall–Kier alpha value is -4.10. The predicted octanol–water partition coefficient (Wildman–Crippen LogP) is 6.30. The van der Waals surface area contributed by atoms with Gasteiger partial charge in [-0.25, -0.2) is 14.4 Å². The van der Waals surface area contributed by atoms with Crippen LogP contribution in [-0.4, -0.2) is 14.5 Å². The average molecular weight is 498 g/mol. The number of thiazole rings is 1. The van der Waals surface area contributed by atoms with Crippen LogP contribution in [0.15, 0.2) is 95.2 Å². The lowest BCUT2D eigenvalue weighted by Crippen LogP contribution is -2.27. The summed E-state index contributed by atoms with van der Waals surface area (Å²) < 4.78 is 22.7. The number of aromatic nitrogens is 3. The third-order valence-electron chi connectivity index (χ3n) is 5.90. The predicted molar refractivity (Wildman–Crippen MR) is 141 cm³/mol. The summed E-state index contributed by atoms with van der Waals surface area (Å²) in [7, 11) is 0. The van der Waals surface area contributed by atoms with Crippen molar-refractivity contribution < 1.29 is 9.13 Å². The van der Waals surface area contributed by atoms with Crippen molar-refractivity contribution in [2.24, 2.45) is 0 Å². The largest absolute Gasteiger partial charge is 0.485 e. The van der Waals surface area contributed by atoms with E-state index in [0.717, 1.165) is 11.1 Å². The van der Waals surface area contributed by atoms with Crippen LogP contribution in [0.5, 0.6) is 5.75 Å². The minimum Gasteiger partial charge on any atom is -0.485 e. The van der Waals surface area contributed by atoms with Gasteiger partial charge in [0.2, 0.25) is 0 Å². The van der Waals surface area contributed by atoms with Gasteiger partial charge in [0.15, 0.2) is 11.6 Å². The third kappa shape index (κ3) is 4.97. The summed E-state index contributed by atoms with van der Waals surface area (Å²) in [6.07, 6.45) is 2.29. The summed E-state index contributed by atoms with van der Waals surface area (Å²) in [5, 5.41) is 2.45. The fourth-order valence-electron chi connectivity index (χ4n) is 4.11. The average Bonchev–Trinajstić information content (AvgIpc) is 3.43. The van der Waals surface area contributed by atoms with E-state index in [9.17, 15) is 4.79 Å². The molecule has 5 aromatic rings. The van der Waals surface area contributed by atoms with Gasteiger partial charge in [0, 0.05) is 18.1 Å². The molecular weight excluding hydrogens is 473 g/mol. The van der Waals surface area contributed by atoms with Crippen molar-refractivity contribution in [1.29, 1.82) is 0 Å². The van der Waals surface area contributed by atoms with Gasteiger partial charge in [-0.3, -0.25) is 9.36 Å². The summed E-state index contributed by atoms with van der Waals surface area (Å²) in [4.78, 5) is 23.0. The van der Waals surface area contributed by atoms with Gasteiger partial charge in [0.25, 0.3) is 5.56 Å². The quantitative estimate of drug-likeness (QED) is 0.252. The van der Waals surface area contributed by atoms with Gasteiger partial charge in [-0.15, -0.1) is 11.3 Å². The fourth-order valence-corrected chi connectivity index (χ4v) is 4.84. The van der Waals surface area contributed by atoms with Crippen LogP contribution in [0.2, 0.25) is 0 Å². The highest BCUT2D eigenvalue weighted by Gasteiger charge is 2.22. The molecule has 0 unspecified atom stereocenters. The maximum absolute atomic E-state index is 15.1. The summed E-state index contributed by atoms with van der Waals surface area (Å²) in [5.41, 5.74) is 3.23. The lowest BCUT2D eigenvalue weighted by atomic mass is 10.1. The van der Waals surface area contributed by atoms with Crippen molar-refractivity contribution in [3.8, 4) is 27.7 Å². The van der Waals surface area contributed by atoms with Gasteiger partial charge < -0.3 is 4.74 Å². The molecule has 180 valence electrons. The van der Waals surface area contributed by atoms with E-state index in [4.69, 9.17) is 9.72 Å². The summed E-state index contributed by atoms with van der Waals surface area (Å²) in [6.45, 7) is 2.35. The molecule has 3 aromatic carbocycles. The van der Waals surface area contributed by atoms with Crippen LogP contribution in [0.4, 0.5) is 4.39 Å². The number of halogens is 1. The zero-order chi connectivity index (χ0) is 24.9. The summed E-state index contributed by atoms with van der Waals surface area (Å²) in [5.74, 6) is -0.0617. The topological polar surface area (TPSA) is 57.0 Å². The Kier molecular flexibility index (Phi) is 7.00. The van der Waals surface area contributed by atoms with E-state index in [1.807, 2.05) is 66.0 Å². The van der Waals surface area contributed by atoms with Crippen LogP contribution in [0.3, 0.4) is 0 Å². The Balaban J connectivity index is 1.62. The van der Waals surface area contributed by atoms with E-state index in [1.165, 1.54) is 17.4 Å². The fraction of sp³-hybridized carbons (Fsp3) is 0.138. The molecule has 0 fully saturated rings. The van der Waals surface area contributed by atoms with Crippen LogP contribution in [0.1, 0.15) is 16.8 Å². The van der Waals surface area contributed by atoms with Crippen molar-refractivity contribution in [2.45, 2.75) is 26.5 Å². The van der Waals surface area contributed by atoms with Gasteiger partial charge in [0.1, 0.15) is 17.4 Å². The molecule has 2 aromatic heterocycles. The molecule has 0 saturated carbocycles. The van der Waals surface area contributed by atoms with Crippen molar-refractivity contribution >= 4 is 11.3 Å². The number of aryl methyl sites for hydroxylation is 2. The highest BCUT2D eigenvalue weighted by Crippen LogP contribution is 2.33. The maximum atomic E-state index is 15.1. The molecule has 0 saturated heterocycles. The molecule has 0 amide bonds. The highest BCUT2D eigenvalue weighted by molar-refractivity contribution is 7.13. The van der Waals surface area contributed by atoms with E-state index in [2.05, 4.69) is 4.98 Å². The Morgan fingerprint density at radius 1 is 0.944 bits per heavy atom. The number of ether oxygens (including phenoxy) is 1. The molecule has 2 heterocycles. The second-order valence-electron chi connectivity index (χ2n) is 8.32. The minimum absolute atomic E-state index is 0.0723. The molecule has 0 aliphatic heterocycles. The van der Waals surface area contributed by atoms with E-state index >= 15 is 4.39 Å². The number of rotatable bonds is 8. The van der Waals surface area contributed by atoms with Crippen LogP contribution >= 0.6 is 11.3 Å². The molecule has 5 nitrogen and oxygen atoms in total. The first-order valence-electron chi connectivity index (χ1n) is 11.6. The molecular formula is C29H24FN3O2S. The maximum Gasteiger partial charge on any atom is 0.264 e. The third-order valence-corrected chi connectivity index (χ3v) is 6.69. The zero-order valence-corrected chi connectivity index (χ0v) is 20.5. The van der Waals surface area contributed by atoms with E-state index in [-0.39, 0.29) is 17.9 Å². The first kappa shape index (κ1) is 23.6. The lowest BCUT2D eigenvalue weighted by Gasteiger charge is -2.18. The molecule has 0 radical (unpaired) electrons. The summed E-state index contributed by atoms with van der Waals surface area (Å²) >= 11 is 1.39. The van der Waals surface area contributed by atoms with Crippen LogP contribution in [-0.2, 0) is 19.6 Å². The Morgan fingerprint density at radius 3 is 2.36 bits per heavy atom. The Bertz CT molecular complexity index is 1520. The highest BCUT2D eigenvalue weighted by atomic mass is 32.1. The molecule has 0 spiro atoms. The molecule has 36 heavy (non-hydrogen) atoms. The number of nitrogens with zero attached hydrogens (tertiary/aromatic N) is 3. The second-order valence-corrected chi connectivity index (χ2v) is 9.21. The first-order valence-corrected chi connectivity index (χ1v) is 12.5. The van der Waals surface area contributed by atoms with Crippen molar-refractivity contribution in [2.75, 3.05) is 0 Å². The van der Waals surface area contributed by atoms with Crippen LogP contribution in [0, 0.1) is 12.7 Å². The summed E-state index contributed by atoms with van der Waals surface area (Å²) in [6, 6.07) is 24.2. The number of para-hydroxylation sites is 1.